The molecule has 0 fully saturated rings. The summed E-state index contributed by atoms with van der Waals surface area (Å²) < 4.78 is 27.9. The molecule has 6 heteroatoms. The molecule has 166 valence electrons. The summed E-state index contributed by atoms with van der Waals surface area (Å²) >= 11 is 0. The summed E-state index contributed by atoms with van der Waals surface area (Å²) in [4.78, 5) is 10.2. The van der Waals surface area contributed by atoms with Gasteiger partial charge in [0, 0.05) is 6.42 Å². The first-order valence-corrected chi connectivity index (χ1v) is 12.0. The normalized spacial score (nSPS) is 14.0. The first kappa shape index (κ1) is 24.8. The fraction of sp³-hybridized carbons (Fsp3) is 0.440. The molecule has 0 unspecified atom stereocenters. The van der Waals surface area contributed by atoms with E-state index in [1.807, 2.05) is 45.9 Å². The largest absolute Gasteiger partial charge is 0.306 e. The number of aldehydes is 1. The molecule has 0 aromatic heterocycles. The lowest BCUT2D eigenvalue weighted by atomic mass is 9.89. The molecule has 0 saturated carbocycles. The van der Waals surface area contributed by atoms with E-state index < -0.39 is 14.7 Å². The van der Waals surface area contributed by atoms with Gasteiger partial charge in [0.25, 0.3) is 0 Å². The van der Waals surface area contributed by atoms with E-state index in [1.54, 1.807) is 24.3 Å². The van der Waals surface area contributed by atoms with Crippen molar-refractivity contribution in [3.8, 4) is 6.07 Å². The topological polar surface area (TPSA) is 101 Å². The van der Waals surface area contributed by atoms with E-state index in [-0.39, 0.29) is 29.1 Å². The third-order valence-corrected chi connectivity index (χ3v) is 7.83. The zero-order chi connectivity index (χ0) is 23.6. The Balaban J connectivity index is 2.78. The molecule has 0 bridgehead atoms. The third-order valence-electron chi connectivity index (χ3n) is 5.58. The van der Waals surface area contributed by atoms with Gasteiger partial charge in [0.1, 0.15) is 0 Å². The van der Waals surface area contributed by atoms with Crippen LogP contribution in [-0.2, 0) is 21.1 Å². The minimum Gasteiger partial charge on any atom is -0.306 e. The van der Waals surface area contributed by atoms with Crippen LogP contribution in [0.25, 0.3) is 0 Å². The minimum atomic E-state index is -4.24. The number of rotatable bonds is 8. The Morgan fingerprint density at radius 3 is 1.97 bits per heavy atom. The van der Waals surface area contributed by atoms with Gasteiger partial charge in [-0.05, 0) is 52.1 Å². The molecule has 5 nitrogen and oxygen atoms in total. The molecule has 2 aromatic carbocycles. The zero-order valence-electron chi connectivity index (χ0n) is 19.1. The molecule has 0 aliphatic rings. The van der Waals surface area contributed by atoms with E-state index in [4.69, 9.17) is 11.0 Å². The lowest BCUT2D eigenvalue weighted by Gasteiger charge is -2.29. The van der Waals surface area contributed by atoms with E-state index >= 15 is 0 Å². The summed E-state index contributed by atoms with van der Waals surface area (Å²) in [6.07, 6.45) is 0.112. The van der Waals surface area contributed by atoms with Crippen molar-refractivity contribution >= 4 is 16.1 Å². The van der Waals surface area contributed by atoms with Crippen molar-refractivity contribution in [1.29, 1.82) is 5.26 Å². The molecule has 0 heterocycles. The first-order chi connectivity index (χ1) is 14.4. The van der Waals surface area contributed by atoms with E-state index in [1.165, 1.54) is 0 Å². The predicted octanol–water partition coefficient (Wildman–Crippen LogP) is 4.80. The molecule has 2 aromatic rings. The highest BCUT2D eigenvalue weighted by Crippen LogP contribution is 2.38. The molecule has 2 rings (SSSR count). The maximum Gasteiger partial charge on any atom is 0.204 e. The van der Waals surface area contributed by atoms with Crippen molar-refractivity contribution in [3.05, 3.63) is 64.2 Å². The van der Waals surface area contributed by atoms with Crippen molar-refractivity contribution in [3.63, 3.8) is 0 Å². The fourth-order valence-corrected chi connectivity index (χ4v) is 5.73. The Bertz CT molecular complexity index is 1080. The van der Waals surface area contributed by atoms with Crippen LogP contribution in [0.4, 0.5) is 0 Å². The fourth-order valence-electron chi connectivity index (χ4n) is 3.66. The third kappa shape index (κ3) is 4.89. The van der Waals surface area contributed by atoms with Gasteiger partial charge in [-0.1, -0.05) is 65.8 Å². The molecule has 1 atom stereocenters. The van der Waals surface area contributed by atoms with Crippen LogP contribution < -0.4 is 5.73 Å². The van der Waals surface area contributed by atoms with Gasteiger partial charge < -0.3 is 10.5 Å². The number of sulfone groups is 1. The molecule has 0 spiro atoms. The van der Waals surface area contributed by atoms with Gasteiger partial charge >= 0.3 is 0 Å². The Hall–Kier alpha value is -2.49. The number of nitrogens with zero attached hydrogens (tertiary/aromatic N) is 1. The van der Waals surface area contributed by atoms with Gasteiger partial charge in [-0.25, -0.2) is 8.42 Å². The van der Waals surface area contributed by atoms with Crippen molar-refractivity contribution in [2.45, 2.75) is 75.5 Å². The molecule has 0 aliphatic heterocycles. The van der Waals surface area contributed by atoms with Crippen molar-refractivity contribution < 1.29 is 13.2 Å². The van der Waals surface area contributed by atoms with E-state index in [0.717, 1.165) is 5.56 Å². The Morgan fingerprint density at radius 1 is 1.00 bits per heavy atom. The Labute approximate surface area is 186 Å². The van der Waals surface area contributed by atoms with Crippen LogP contribution in [0.5, 0.6) is 0 Å². The molecular formula is C25H32N2O3S. The molecule has 0 amide bonds. The van der Waals surface area contributed by atoms with Crippen LogP contribution in [0.3, 0.4) is 0 Å². The molecular weight excluding hydrogens is 408 g/mol. The summed E-state index contributed by atoms with van der Waals surface area (Å²) in [5.74, 6) is 0.0896. The van der Waals surface area contributed by atoms with Gasteiger partial charge in [0.2, 0.25) is 9.84 Å². The van der Waals surface area contributed by atoms with Gasteiger partial charge in [-0.15, -0.1) is 0 Å². The minimum absolute atomic E-state index is 0.0706. The smallest absolute Gasteiger partial charge is 0.204 e. The zero-order valence-corrected chi connectivity index (χ0v) is 20.0. The summed E-state index contributed by atoms with van der Waals surface area (Å²) in [7, 11) is -4.24. The molecule has 31 heavy (non-hydrogen) atoms. The lowest BCUT2D eigenvalue weighted by molar-refractivity contribution is -0.109. The molecule has 0 radical (unpaired) electrons. The quantitative estimate of drug-likeness (QED) is 0.594. The van der Waals surface area contributed by atoms with E-state index in [0.29, 0.717) is 28.5 Å². The van der Waals surface area contributed by atoms with Gasteiger partial charge in [-0.3, -0.25) is 0 Å². The molecule has 0 saturated heterocycles. The number of hydrogen-bond donors (Lipinski definition) is 1. The average Bonchev–Trinajstić information content (AvgIpc) is 2.72. The second-order valence-electron chi connectivity index (χ2n) is 9.06. The number of nitriles is 1. The van der Waals surface area contributed by atoms with Crippen LogP contribution in [0.1, 0.15) is 87.1 Å². The first-order valence-electron chi connectivity index (χ1n) is 10.5. The number of carbonyl (C=O) groups is 1. The maximum absolute atomic E-state index is 14.0. The summed E-state index contributed by atoms with van der Waals surface area (Å²) in [6.45, 7) is 11.9. The monoisotopic (exact) mass is 440 g/mol. The van der Waals surface area contributed by atoms with E-state index in [2.05, 4.69) is 13.8 Å². The highest BCUT2D eigenvalue weighted by atomic mass is 32.2. The second-order valence-corrected chi connectivity index (χ2v) is 11.2. The Morgan fingerprint density at radius 2 is 1.55 bits per heavy atom. The predicted molar refractivity (Wildman–Crippen MR) is 124 cm³/mol. The molecule has 0 aliphatic carbocycles. The van der Waals surface area contributed by atoms with Crippen molar-refractivity contribution in [2.75, 3.05) is 0 Å². The molecule has 2 N–H and O–H groups in total. The van der Waals surface area contributed by atoms with Crippen LogP contribution in [-0.4, -0.2) is 19.6 Å². The number of carbonyl (C=O) groups excluding carboxylic acids is 1. The van der Waals surface area contributed by atoms with Gasteiger partial charge in [0.15, 0.2) is 11.2 Å². The van der Waals surface area contributed by atoms with Crippen LogP contribution in [0, 0.1) is 11.3 Å². The maximum atomic E-state index is 14.0. The standard InChI is InChI=1S/C25H32N2O3S/c1-16(2)21-11-22(17(3)4)24(23(12-21)18(5)6)31(29,30)25(27,15-28)13-19-8-7-9-20(10-19)14-26/h7-12,15-18H,13,27H2,1-6H3/t25-/m1/s1. The van der Waals surface area contributed by atoms with E-state index in [9.17, 15) is 13.2 Å². The summed E-state index contributed by atoms with van der Waals surface area (Å²) in [5, 5.41) is 9.15. The van der Waals surface area contributed by atoms with Crippen LogP contribution in [0.15, 0.2) is 41.3 Å². The van der Waals surface area contributed by atoms with Crippen LogP contribution in [0.2, 0.25) is 0 Å². The second kappa shape index (κ2) is 9.33. The van der Waals surface area contributed by atoms with Crippen LogP contribution >= 0.6 is 0 Å². The van der Waals surface area contributed by atoms with Gasteiger partial charge in [-0.2, -0.15) is 5.26 Å². The number of hydrogen-bond acceptors (Lipinski definition) is 5. The van der Waals surface area contributed by atoms with Gasteiger partial charge in [0.05, 0.1) is 16.5 Å². The average molecular weight is 441 g/mol. The SMILES string of the molecule is CC(C)c1cc(C(C)C)c(S(=O)(=O)[C@@](N)(C=O)Cc2cccc(C#N)c2)c(C(C)C)c1. The lowest BCUT2D eigenvalue weighted by Crippen LogP contribution is -2.52. The summed E-state index contributed by atoms with van der Waals surface area (Å²) in [5.41, 5.74) is 9.65. The number of benzene rings is 2. The number of nitrogens with two attached hydrogens (primary N) is 1. The van der Waals surface area contributed by atoms with Crippen molar-refractivity contribution in [1.82, 2.24) is 0 Å². The van der Waals surface area contributed by atoms with Crippen molar-refractivity contribution in [2.24, 2.45) is 5.73 Å². The summed E-state index contributed by atoms with van der Waals surface area (Å²) in [6, 6.07) is 12.4. The highest BCUT2D eigenvalue weighted by Gasteiger charge is 2.44. The Kier molecular flexibility index (Phi) is 7.46. The highest BCUT2D eigenvalue weighted by molar-refractivity contribution is 7.93.